The first-order chi connectivity index (χ1) is 11.4. The summed E-state index contributed by atoms with van der Waals surface area (Å²) >= 11 is 0. The van der Waals surface area contributed by atoms with Crippen molar-refractivity contribution < 1.29 is 19.1 Å². The molecule has 1 aromatic rings. The number of urea groups is 1. The van der Waals surface area contributed by atoms with Gasteiger partial charge in [0.05, 0.1) is 7.11 Å². The average molecular weight is 331 g/mol. The lowest BCUT2D eigenvalue weighted by Gasteiger charge is -2.23. The maximum atomic E-state index is 12.7. The molecule has 1 aliphatic heterocycles. The topological polar surface area (TPSA) is 87.7 Å². The number of hydrogen-bond donors (Lipinski definition) is 2. The SMILES string of the molecule is COc1ccc(C2(C)NC(=O)N(NC(=O)C(C)C3CC3)C2=O)cc1. The zero-order valence-corrected chi connectivity index (χ0v) is 14.0. The molecule has 24 heavy (non-hydrogen) atoms. The molecule has 1 heterocycles. The van der Waals surface area contributed by atoms with Gasteiger partial charge in [-0.1, -0.05) is 19.1 Å². The Balaban J connectivity index is 1.77. The molecule has 1 saturated heterocycles. The van der Waals surface area contributed by atoms with E-state index in [1.807, 2.05) is 6.92 Å². The van der Waals surface area contributed by atoms with Crippen LogP contribution in [0.3, 0.4) is 0 Å². The predicted octanol–water partition coefficient (Wildman–Crippen LogP) is 1.54. The number of hydrazine groups is 1. The van der Waals surface area contributed by atoms with Crippen molar-refractivity contribution in [2.75, 3.05) is 7.11 Å². The molecule has 1 saturated carbocycles. The molecular formula is C17H21N3O4. The van der Waals surface area contributed by atoms with Crippen LogP contribution in [-0.4, -0.2) is 30.0 Å². The van der Waals surface area contributed by atoms with Crippen molar-refractivity contribution in [1.29, 1.82) is 0 Å². The van der Waals surface area contributed by atoms with E-state index in [4.69, 9.17) is 4.74 Å². The molecule has 0 spiro atoms. The van der Waals surface area contributed by atoms with E-state index in [2.05, 4.69) is 10.7 Å². The number of hydrogen-bond acceptors (Lipinski definition) is 4. The molecule has 4 amide bonds. The number of benzene rings is 1. The lowest BCUT2D eigenvalue weighted by Crippen LogP contribution is -2.49. The van der Waals surface area contributed by atoms with Crippen LogP contribution in [0.25, 0.3) is 0 Å². The van der Waals surface area contributed by atoms with Gasteiger partial charge in [-0.2, -0.15) is 5.01 Å². The van der Waals surface area contributed by atoms with Gasteiger partial charge in [-0.15, -0.1) is 0 Å². The number of imide groups is 1. The van der Waals surface area contributed by atoms with Crippen LogP contribution in [0.5, 0.6) is 5.75 Å². The van der Waals surface area contributed by atoms with Crippen molar-refractivity contribution >= 4 is 17.8 Å². The highest BCUT2D eigenvalue weighted by Gasteiger charge is 2.50. The van der Waals surface area contributed by atoms with Crippen LogP contribution in [0.1, 0.15) is 32.3 Å². The van der Waals surface area contributed by atoms with Crippen LogP contribution in [-0.2, 0) is 15.1 Å². The molecule has 2 fully saturated rings. The Morgan fingerprint density at radius 3 is 2.50 bits per heavy atom. The normalized spacial score (nSPS) is 24.5. The molecule has 1 aromatic carbocycles. The van der Waals surface area contributed by atoms with Gasteiger partial charge in [-0.3, -0.25) is 15.0 Å². The Morgan fingerprint density at radius 1 is 1.33 bits per heavy atom. The highest BCUT2D eigenvalue weighted by atomic mass is 16.5. The van der Waals surface area contributed by atoms with Gasteiger partial charge in [0.25, 0.3) is 5.91 Å². The van der Waals surface area contributed by atoms with Crippen LogP contribution in [0.2, 0.25) is 0 Å². The van der Waals surface area contributed by atoms with Crippen molar-refractivity contribution in [1.82, 2.24) is 15.8 Å². The van der Waals surface area contributed by atoms with Gasteiger partial charge < -0.3 is 10.1 Å². The maximum Gasteiger partial charge on any atom is 0.344 e. The molecular weight excluding hydrogens is 310 g/mol. The molecule has 3 rings (SSSR count). The monoisotopic (exact) mass is 331 g/mol. The van der Waals surface area contributed by atoms with Gasteiger partial charge in [0.15, 0.2) is 0 Å². The highest BCUT2D eigenvalue weighted by Crippen LogP contribution is 2.37. The van der Waals surface area contributed by atoms with Crippen molar-refractivity contribution in [2.45, 2.75) is 32.2 Å². The number of methoxy groups -OCH3 is 1. The van der Waals surface area contributed by atoms with Crippen molar-refractivity contribution in [3.8, 4) is 5.75 Å². The zero-order chi connectivity index (χ0) is 17.5. The molecule has 7 nitrogen and oxygen atoms in total. The number of carbonyl (C=O) groups is 3. The predicted molar refractivity (Wildman–Crippen MR) is 85.8 cm³/mol. The second kappa shape index (κ2) is 5.81. The Morgan fingerprint density at radius 2 is 1.96 bits per heavy atom. The van der Waals surface area contributed by atoms with E-state index in [0.29, 0.717) is 17.2 Å². The van der Waals surface area contributed by atoms with Crippen LogP contribution in [0.4, 0.5) is 4.79 Å². The fourth-order valence-electron chi connectivity index (χ4n) is 2.88. The molecule has 0 radical (unpaired) electrons. The summed E-state index contributed by atoms with van der Waals surface area (Å²) in [4.78, 5) is 37.1. The van der Waals surface area contributed by atoms with Gasteiger partial charge in [0, 0.05) is 5.92 Å². The van der Waals surface area contributed by atoms with E-state index >= 15 is 0 Å². The molecule has 2 atom stereocenters. The number of rotatable bonds is 5. The van der Waals surface area contributed by atoms with Crippen LogP contribution in [0.15, 0.2) is 24.3 Å². The molecule has 2 aliphatic rings. The minimum Gasteiger partial charge on any atom is -0.497 e. The number of nitrogens with one attached hydrogen (secondary N) is 2. The second-order valence-corrected chi connectivity index (χ2v) is 6.53. The number of nitrogens with zero attached hydrogens (tertiary/aromatic N) is 1. The minimum atomic E-state index is -1.22. The van der Waals surface area contributed by atoms with Crippen LogP contribution < -0.4 is 15.5 Å². The lowest BCUT2D eigenvalue weighted by atomic mass is 9.92. The largest absolute Gasteiger partial charge is 0.497 e. The molecule has 1 aliphatic carbocycles. The number of carbonyl (C=O) groups excluding carboxylic acids is 3. The van der Waals surface area contributed by atoms with E-state index in [1.165, 1.54) is 0 Å². The number of ether oxygens (including phenoxy) is 1. The summed E-state index contributed by atoms with van der Waals surface area (Å²) in [5.74, 6) is -0.0197. The minimum absolute atomic E-state index is 0.210. The Kier molecular flexibility index (Phi) is 3.95. The second-order valence-electron chi connectivity index (χ2n) is 6.53. The summed E-state index contributed by atoms with van der Waals surface area (Å²) in [6.45, 7) is 3.43. The zero-order valence-electron chi connectivity index (χ0n) is 14.0. The smallest absolute Gasteiger partial charge is 0.344 e. The van der Waals surface area contributed by atoms with Crippen molar-refractivity contribution in [3.05, 3.63) is 29.8 Å². The fraction of sp³-hybridized carbons (Fsp3) is 0.471. The summed E-state index contributed by atoms with van der Waals surface area (Å²) in [5.41, 5.74) is 1.85. The third-order valence-corrected chi connectivity index (χ3v) is 4.82. The van der Waals surface area contributed by atoms with Gasteiger partial charge in [-0.25, -0.2) is 4.79 Å². The molecule has 128 valence electrons. The number of amides is 4. The fourth-order valence-corrected chi connectivity index (χ4v) is 2.88. The van der Waals surface area contributed by atoms with E-state index < -0.39 is 17.5 Å². The van der Waals surface area contributed by atoms with Gasteiger partial charge >= 0.3 is 6.03 Å². The van der Waals surface area contributed by atoms with Gasteiger partial charge in [0.2, 0.25) is 5.91 Å². The van der Waals surface area contributed by atoms with Crippen LogP contribution >= 0.6 is 0 Å². The summed E-state index contributed by atoms with van der Waals surface area (Å²) in [7, 11) is 1.55. The van der Waals surface area contributed by atoms with Crippen molar-refractivity contribution in [3.63, 3.8) is 0 Å². The quantitative estimate of drug-likeness (QED) is 0.801. The summed E-state index contributed by atoms with van der Waals surface area (Å²) in [5, 5.41) is 3.44. The summed E-state index contributed by atoms with van der Waals surface area (Å²) in [6, 6.07) is 6.24. The molecule has 2 N–H and O–H groups in total. The molecule has 0 aromatic heterocycles. The summed E-state index contributed by atoms with van der Waals surface area (Å²) in [6.07, 6.45) is 2.02. The average Bonchev–Trinajstić information content (AvgIpc) is 3.39. The maximum absolute atomic E-state index is 12.7. The standard InChI is InChI=1S/C17H21N3O4/c1-10(11-4-5-11)14(21)19-20-15(22)17(2,18-16(20)23)12-6-8-13(24-3)9-7-12/h6-11H,4-5H2,1-3H3,(H,18,23)(H,19,21). The van der Waals surface area contributed by atoms with Gasteiger partial charge in [-0.05, 0) is 43.4 Å². The highest BCUT2D eigenvalue weighted by molar-refractivity contribution is 6.08. The summed E-state index contributed by atoms with van der Waals surface area (Å²) < 4.78 is 5.10. The molecule has 0 bridgehead atoms. The van der Waals surface area contributed by atoms with Crippen molar-refractivity contribution in [2.24, 2.45) is 11.8 Å². The first-order valence-corrected chi connectivity index (χ1v) is 7.98. The lowest BCUT2D eigenvalue weighted by molar-refractivity contribution is -0.140. The Labute approximate surface area is 140 Å². The van der Waals surface area contributed by atoms with Gasteiger partial charge in [0.1, 0.15) is 11.3 Å². The van der Waals surface area contributed by atoms with E-state index in [-0.39, 0.29) is 11.8 Å². The molecule has 2 unspecified atom stereocenters. The van der Waals surface area contributed by atoms with E-state index in [0.717, 1.165) is 17.9 Å². The third-order valence-electron chi connectivity index (χ3n) is 4.82. The van der Waals surface area contributed by atoms with E-state index in [9.17, 15) is 14.4 Å². The first kappa shape index (κ1) is 16.3. The van der Waals surface area contributed by atoms with Crippen LogP contribution in [0, 0.1) is 11.8 Å². The Bertz CT molecular complexity index is 684. The first-order valence-electron chi connectivity index (χ1n) is 7.98. The van der Waals surface area contributed by atoms with E-state index in [1.54, 1.807) is 38.3 Å². The third kappa shape index (κ3) is 2.70. The Hall–Kier alpha value is -2.57. The molecule has 7 heteroatoms.